The molecule has 0 aliphatic rings. The summed E-state index contributed by atoms with van der Waals surface area (Å²) in [6.07, 6.45) is 0.321. The monoisotopic (exact) mass is 327 g/mol. The number of nitrogens with zero attached hydrogens (tertiary/aromatic N) is 1. The van der Waals surface area contributed by atoms with E-state index >= 15 is 0 Å². The van der Waals surface area contributed by atoms with Gasteiger partial charge >= 0.3 is 0 Å². The van der Waals surface area contributed by atoms with E-state index in [2.05, 4.69) is 10.6 Å². The molecule has 1 atom stereocenters. The number of nitro benzene ring substituents is 1. The summed E-state index contributed by atoms with van der Waals surface area (Å²) < 4.78 is 0. The second kappa shape index (κ2) is 7.87. The van der Waals surface area contributed by atoms with Gasteiger partial charge in [0.1, 0.15) is 6.04 Å². The quantitative estimate of drug-likeness (QED) is 0.627. The average Bonchev–Trinajstić information content (AvgIpc) is 2.55. The van der Waals surface area contributed by atoms with Gasteiger partial charge in [0.05, 0.1) is 4.92 Å². The number of hydrogen-bond donors (Lipinski definition) is 2. The van der Waals surface area contributed by atoms with Crippen LogP contribution in [0.2, 0.25) is 0 Å². The highest BCUT2D eigenvalue weighted by Gasteiger charge is 2.20. The third kappa shape index (κ3) is 4.91. The lowest BCUT2D eigenvalue weighted by molar-refractivity contribution is -0.384. The molecule has 7 heteroatoms. The van der Waals surface area contributed by atoms with Gasteiger partial charge in [-0.15, -0.1) is 0 Å². The maximum absolute atomic E-state index is 12.4. The fraction of sp³-hybridized carbons (Fsp3) is 0.176. The predicted octanol–water partition coefficient (Wildman–Crippen LogP) is 2.28. The summed E-state index contributed by atoms with van der Waals surface area (Å²) in [6.45, 7) is 1.33. The lowest BCUT2D eigenvalue weighted by Crippen LogP contribution is -2.44. The summed E-state index contributed by atoms with van der Waals surface area (Å²) in [6, 6.07) is 14.1. The minimum absolute atomic E-state index is 0.119. The van der Waals surface area contributed by atoms with Gasteiger partial charge in [-0.1, -0.05) is 36.4 Å². The van der Waals surface area contributed by atoms with E-state index in [1.807, 2.05) is 30.3 Å². The van der Waals surface area contributed by atoms with E-state index in [-0.39, 0.29) is 11.6 Å². The Balaban J connectivity index is 2.14. The lowest BCUT2D eigenvalue weighted by atomic mass is 10.1. The van der Waals surface area contributed by atoms with Crippen molar-refractivity contribution in [2.45, 2.75) is 19.4 Å². The molecule has 24 heavy (non-hydrogen) atoms. The number of amides is 2. The number of benzene rings is 2. The second-order valence-corrected chi connectivity index (χ2v) is 5.24. The maximum atomic E-state index is 12.4. The van der Waals surface area contributed by atoms with Gasteiger partial charge in [-0.3, -0.25) is 19.7 Å². The Bertz CT molecular complexity index is 747. The topological polar surface area (TPSA) is 101 Å². The van der Waals surface area contributed by atoms with E-state index < -0.39 is 16.9 Å². The number of hydrogen-bond acceptors (Lipinski definition) is 4. The van der Waals surface area contributed by atoms with Crippen LogP contribution in [-0.4, -0.2) is 22.8 Å². The van der Waals surface area contributed by atoms with Crippen molar-refractivity contribution in [1.82, 2.24) is 5.32 Å². The van der Waals surface area contributed by atoms with Gasteiger partial charge in [-0.2, -0.15) is 0 Å². The fourth-order valence-electron chi connectivity index (χ4n) is 2.23. The highest BCUT2D eigenvalue weighted by Crippen LogP contribution is 2.17. The largest absolute Gasteiger partial charge is 0.344 e. The van der Waals surface area contributed by atoms with Crippen LogP contribution in [0.5, 0.6) is 0 Å². The molecule has 2 aromatic rings. The van der Waals surface area contributed by atoms with Gasteiger partial charge in [0.2, 0.25) is 11.8 Å². The minimum atomic E-state index is -0.774. The normalized spacial score (nSPS) is 11.4. The number of nitrogens with one attached hydrogen (secondary N) is 2. The number of nitro groups is 1. The Kier molecular flexibility index (Phi) is 5.62. The summed E-state index contributed by atoms with van der Waals surface area (Å²) in [5.74, 6) is -0.764. The van der Waals surface area contributed by atoms with Crippen LogP contribution in [0, 0.1) is 10.1 Å². The number of non-ortho nitro benzene ring substituents is 1. The highest BCUT2D eigenvalue weighted by molar-refractivity contribution is 5.97. The number of carbonyl (C=O) groups excluding carboxylic acids is 2. The fourth-order valence-corrected chi connectivity index (χ4v) is 2.23. The molecule has 0 radical (unpaired) electrons. The van der Waals surface area contributed by atoms with Crippen molar-refractivity contribution in [2.75, 3.05) is 5.32 Å². The molecule has 2 rings (SSSR count). The Hall–Kier alpha value is -3.22. The standard InChI is InChI=1S/C17H17N3O4/c1-12(21)18-16(10-13-6-3-2-4-7-13)17(22)19-14-8-5-9-15(11-14)20(23)24/h2-9,11,16H,10H2,1H3,(H,18,21)(H,19,22)/t16-/m1/s1. The van der Waals surface area contributed by atoms with Crippen LogP contribution in [0.3, 0.4) is 0 Å². The van der Waals surface area contributed by atoms with Gasteiger partial charge in [-0.25, -0.2) is 0 Å². The molecule has 0 bridgehead atoms. The van der Waals surface area contributed by atoms with Crippen molar-refractivity contribution in [3.63, 3.8) is 0 Å². The van der Waals surface area contributed by atoms with Gasteiger partial charge in [0.25, 0.3) is 5.69 Å². The van der Waals surface area contributed by atoms with Gasteiger partial charge in [-0.05, 0) is 11.6 Å². The van der Waals surface area contributed by atoms with Crippen LogP contribution in [0.15, 0.2) is 54.6 Å². The number of rotatable bonds is 6. The SMILES string of the molecule is CC(=O)N[C@H](Cc1ccccc1)C(=O)Nc1cccc([N+](=O)[O-])c1. The van der Waals surface area contributed by atoms with Crippen LogP contribution < -0.4 is 10.6 Å². The molecule has 2 N–H and O–H groups in total. The van der Waals surface area contributed by atoms with Gasteiger partial charge in [0, 0.05) is 31.2 Å². The van der Waals surface area contributed by atoms with Crippen molar-refractivity contribution in [2.24, 2.45) is 0 Å². The van der Waals surface area contributed by atoms with Crippen molar-refractivity contribution >= 4 is 23.2 Å². The van der Waals surface area contributed by atoms with Crippen LogP contribution in [-0.2, 0) is 16.0 Å². The Morgan fingerprint density at radius 1 is 1.12 bits per heavy atom. The first-order valence-electron chi connectivity index (χ1n) is 7.32. The Labute approximate surface area is 138 Å². The first kappa shape index (κ1) is 17.1. The molecular weight excluding hydrogens is 310 g/mol. The number of carbonyl (C=O) groups is 2. The van der Waals surface area contributed by atoms with Crippen molar-refractivity contribution in [3.8, 4) is 0 Å². The van der Waals surface area contributed by atoms with Crippen molar-refractivity contribution in [1.29, 1.82) is 0 Å². The molecule has 124 valence electrons. The van der Waals surface area contributed by atoms with Gasteiger partial charge < -0.3 is 10.6 Å². The average molecular weight is 327 g/mol. The smallest absolute Gasteiger partial charge is 0.271 e. The molecule has 0 heterocycles. The minimum Gasteiger partial charge on any atom is -0.344 e. The van der Waals surface area contributed by atoms with Crippen LogP contribution >= 0.6 is 0 Å². The molecule has 0 aliphatic heterocycles. The molecule has 0 saturated carbocycles. The predicted molar refractivity (Wildman–Crippen MR) is 89.5 cm³/mol. The van der Waals surface area contributed by atoms with Crippen LogP contribution in [0.25, 0.3) is 0 Å². The Morgan fingerprint density at radius 2 is 1.83 bits per heavy atom. The first-order valence-corrected chi connectivity index (χ1v) is 7.32. The molecule has 0 aromatic heterocycles. The molecule has 0 saturated heterocycles. The van der Waals surface area contributed by atoms with E-state index in [4.69, 9.17) is 0 Å². The lowest BCUT2D eigenvalue weighted by Gasteiger charge is -2.17. The molecule has 0 spiro atoms. The molecule has 0 aliphatic carbocycles. The van der Waals surface area contributed by atoms with Crippen LogP contribution in [0.1, 0.15) is 12.5 Å². The zero-order valence-corrected chi connectivity index (χ0v) is 13.1. The van der Waals surface area contributed by atoms with Crippen molar-refractivity contribution in [3.05, 3.63) is 70.3 Å². The highest BCUT2D eigenvalue weighted by atomic mass is 16.6. The molecule has 2 aromatic carbocycles. The molecular formula is C17H17N3O4. The number of anilines is 1. The van der Waals surface area contributed by atoms with E-state index in [1.54, 1.807) is 6.07 Å². The maximum Gasteiger partial charge on any atom is 0.271 e. The summed E-state index contributed by atoms with van der Waals surface area (Å²) in [7, 11) is 0. The molecule has 0 fully saturated rings. The first-order chi connectivity index (χ1) is 11.5. The molecule has 0 unspecified atom stereocenters. The van der Waals surface area contributed by atoms with E-state index in [1.165, 1.54) is 25.1 Å². The molecule has 7 nitrogen and oxygen atoms in total. The zero-order valence-electron chi connectivity index (χ0n) is 13.1. The van der Waals surface area contributed by atoms with E-state index in [9.17, 15) is 19.7 Å². The third-order valence-corrected chi connectivity index (χ3v) is 3.30. The second-order valence-electron chi connectivity index (χ2n) is 5.24. The van der Waals surface area contributed by atoms with Gasteiger partial charge in [0.15, 0.2) is 0 Å². The van der Waals surface area contributed by atoms with Crippen molar-refractivity contribution < 1.29 is 14.5 Å². The summed E-state index contributed by atoms with van der Waals surface area (Å²) in [4.78, 5) is 34.1. The van der Waals surface area contributed by atoms with E-state index in [0.29, 0.717) is 12.1 Å². The van der Waals surface area contributed by atoms with E-state index in [0.717, 1.165) is 5.56 Å². The van der Waals surface area contributed by atoms with Crippen LogP contribution in [0.4, 0.5) is 11.4 Å². The summed E-state index contributed by atoms with van der Waals surface area (Å²) in [5, 5.41) is 16.0. The Morgan fingerprint density at radius 3 is 2.46 bits per heavy atom. The zero-order chi connectivity index (χ0) is 17.5. The molecule has 2 amide bonds. The third-order valence-electron chi connectivity index (χ3n) is 3.30. The summed E-state index contributed by atoms with van der Waals surface area (Å²) in [5.41, 5.74) is 1.08. The summed E-state index contributed by atoms with van der Waals surface area (Å²) >= 11 is 0.